The van der Waals surface area contributed by atoms with E-state index in [1.807, 2.05) is 19.4 Å². The number of aromatic nitrogens is 2. The molecular weight excluding hydrogens is 176 g/mol. The Morgan fingerprint density at radius 1 is 1.50 bits per heavy atom. The number of aryl methyl sites for hydroxylation is 1. The minimum atomic E-state index is 0.116. The molecule has 0 spiro atoms. The Labute approximate surface area is 85.7 Å². The van der Waals surface area contributed by atoms with Gasteiger partial charge in [-0.3, -0.25) is 4.68 Å². The summed E-state index contributed by atoms with van der Waals surface area (Å²) in [5.41, 5.74) is 1.18. The Kier molecular flexibility index (Phi) is 3.52. The normalized spacial score (nSPS) is 11.7. The first kappa shape index (κ1) is 11.0. The smallest absolute Gasteiger partial charge is 0.0727 e. The standard InChI is InChI=1S/C10H20N4/c1-5-12-10(2,3)8-11-9-6-13-14(4)7-9/h6-7,11-12H,5,8H2,1-4H3. The molecule has 0 bridgehead atoms. The molecule has 1 aromatic rings. The summed E-state index contributed by atoms with van der Waals surface area (Å²) in [4.78, 5) is 0. The van der Waals surface area contributed by atoms with Crippen molar-refractivity contribution in [3.8, 4) is 0 Å². The molecule has 0 aromatic carbocycles. The van der Waals surface area contributed by atoms with Gasteiger partial charge in [-0.1, -0.05) is 6.92 Å². The number of nitrogens with zero attached hydrogens (tertiary/aromatic N) is 2. The van der Waals surface area contributed by atoms with E-state index >= 15 is 0 Å². The summed E-state index contributed by atoms with van der Waals surface area (Å²) in [6, 6.07) is 0. The Hall–Kier alpha value is -1.03. The molecule has 0 fully saturated rings. The molecule has 0 saturated carbocycles. The lowest BCUT2D eigenvalue weighted by molar-refractivity contribution is 0.421. The molecule has 1 aromatic heterocycles. The van der Waals surface area contributed by atoms with Crippen molar-refractivity contribution in [1.82, 2.24) is 15.1 Å². The maximum absolute atomic E-state index is 4.10. The van der Waals surface area contributed by atoms with Crippen molar-refractivity contribution in [2.24, 2.45) is 7.05 Å². The predicted octanol–water partition coefficient (Wildman–Crippen LogP) is 1.22. The molecule has 0 saturated heterocycles. The lowest BCUT2D eigenvalue weighted by Crippen LogP contribution is -2.44. The van der Waals surface area contributed by atoms with Crippen molar-refractivity contribution in [1.29, 1.82) is 0 Å². The third-order valence-corrected chi connectivity index (χ3v) is 2.09. The van der Waals surface area contributed by atoms with E-state index in [9.17, 15) is 0 Å². The highest BCUT2D eigenvalue weighted by Gasteiger charge is 2.15. The van der Waals surface area contributed by atoms with Crippen LogP contribution in [0.15, 0.2) is 12.4 Å². The summed E-state index contributed by atoms with van der Waals surface area (Å²) in [5.74, 6) is 0. The molecule has 80 valence electrons. The van der Waals surface area contributed by atoms with Crippen molar-refractivity contribution in [2.75, 3.05) is 18.4 Å². The number of likely N-dealkylation sites (N-methyl/N-ethyl adjacent to an activating group) is 1. The molecule has 1 heterocycles. The fourth-order valence-corrected chi connectivity index (χ4v) is 1.38. The van der Waals surface area contributed by atoms with Crippen molar-refractivity contribution in [3.63, 3.8) is 0 Å². The first-order valence-corrected chi connectivity index (χ1v) is 5.01. The summed E-state index contributed by atoms with van der Waals surface area (Å²) in [7, 11) is 1.92. The first-order chi connectivity index (χ1) is 6.53. The SMILES string of the molecule is CCNC(C)(C)CNc1cnn(C)c1. The van der Waals surface area contributed by atoms with E-state index in [1.165, 1.54) is 0 Å². The van der Waals surface area contributed by atoms with Gasteiger partial charge < -0.3 is 10.6 Å². The summed E-state index contributed by atoms with van der Waals surface area (Å²) >= 11 is 0. The van der Waals surface area contributed by atoms with E-state index in [-0.39, 0.29) is 5.54 Å². The number of hydrogen-bond donors (Lipinski definition) is 2. The second-order valence-corrected chi connectivity index (χ2v) is 4.17. The molecule has 0 radical (unpaired) electrons. The van der Waals surface area contributed by atoms with Gasteiger partial charge in [-0.05, 0) is 20.4 Å². The average Bonchev–Trinajstić information content (AvgIpc) is 2.48. The number of nitrogens with one attached hydrogen (secondary N) is 2. The zero-order valence-electron chi connectivity index (χ0n) is 9.46. The Morgan fingerprint density at radius 2 is 2.21 bits per heavy atom. The lowest BCUT2D eigenvalue weighted by atomic mass is 10.1. The van der Waals surface area contributed by atoms with Crippen LogP contribution in [-0.2, 0) is 7.05 Å². The van der Waals surface area contributed by atoms with Crippen molar-refractivity contribution >= 4 is 5.69 Å². The van der Waals surface area contributed by atoms with Gasteiger partial charge in [0.05, 0.1) is 11.9 Å². The van der Waals surface area contributed by atoms with Gasteiger partial charge in [-0.2, -0.15) is 5.10 Å². The van der Waals surface area contributed by atoms with Crippen molar-refractivity contribution in [2.45, 2.75) is 26.3 Å². The molecule has 0 aliphatic carbocycles. The Balaban J connectivity index is 2.40. The molecule has 2 N–H and O–H groups in total. The van der Waals surface area contributed by atoms with Gasteiger partial charge >= 0.3 is 0 Å². The van der Waals surface area contributed by atoms with Gasteiger partial charge in [0.1, 0.15) is 0 Å². The highest BCUT2D eigenvalue weighted by molar-refractivity contribution is 5.38. The third-order valence-electron chi connectivity index (χ3n) is 2.09. The monoisotopic (exact) mass is 196 g/mol. The van der Waals surface area contributed by atoms with Gasteiger partial charge in [0.25, 0.3) is 0 Å². The van der Waals surface area contributed by atoms with E-state index in [1.54, 1.807) is 4.68 Å². The molecule has 4 nitrogen and oxygen atoms in total. The molecule has 0 aliphatic rings. The van der Waals surface area contributed by atoms with Crippen LogP contribution in [0.25, 0.3) is 0 Å². The predicted molar refractivity (Wildman–Crippen MR) is 59.5 cm³/mol. The summed E-state index contributed by atoms with van der Waals surface area (Å²) in [6.45, 7) is 8.36. The lowest BCUT2D eigenvalue weighted by Gasteiger charge is -2.26. The minimum Gasteiger partial charge on any atom is -0.381 e. The van der Waals surface area contributed by atoms with Crippen molar-refractivity contribution in [3.05, 3.63) is 12.4 Å². The largest absolute Gasteiger partial charge is 0.381 e. The average molecular weight is 196 g/mol. The van der Waals surface area contributed by atoms with E-state index in [0.29, 0.717) is 0 Å². The molecule has 0 unspecified atom stereocenters. The minimum absolute atomic E-state index is 0.116. The van der Waals surface area contributed by atoms with Gasteiger partial charge in [-0.25, -0.2) is 0 Å². The fourth-order valence-electron chi connectivity index (χ4n) is 1.38. The molecule has 4 heteroatoms. The van der Waals surface area contributed by atoms with Crippen LogP contribution < -0.4 is 10.6 Å². The highest BCUT2D eigenvalue weighted by atomic mass is 15.3. The van der Waals surface area contributed by atoms with Gasteiger partial charge in [0.15, 0.2) is 0 Å². The maximum atomic E-state index is 4.10. The number of rotatable bonds is 5. The van der Waals surface area contributed by atoms with Crippen LogP contribution in [0, 0.1) is 0 Å². The molecule has 0 atom stereocenters. The van der Waals surface area contributed by atoms with Gasteiger partial charge in [-0.15, -0.1) is 0 Å². The molecular formula is C10H20N4. The molecule has 1 rings (SSSR count). The van der Waals surface area contributed by atoms with E-state index in [0.717, 1.165) is 18.8 Å². The first-order valence-electron chi connectivity index (χ1n) is 5.01. The van der Waals surface area contributed by atoms with E-state index < -0.39 is 0 Å². The zero-order chi connectivity index (χ0) is 10.6. The van der Waals surface area contributed by atoms with Gasteiger partial charge in [0, 0.05) is 25.3 Å². The highest BCUT2D eigenvalue weighted by Crippen LogP contribution is 2.07. The molecule has 0 aliphatic heterocycles. The molecule has 14 heavy (non-hydrogen) atoms. The van der Waals surface area contributed by atoms with Crippen LogP contribution in [0.3, 0.4) is 0 Å². The number of hydrogen-bond acceptors (Lipinski definition) is 3. The van der Waals surface area contributed by atoms with Crippen LogP contribution in [0.2, 0.25) is 0 Å². The second-order valence-electron chi connectivity index (χ2n) is 4.17. The third kappa shape index (κ3) is 3.38. The van der Waals surface area contributed by atoms with Gasteiger partial charge in [0.2, 0.25) is 0 Å². The second kappa shape index (κ2) is 4.46. The summed E-state index contributed by atoms with van der Waals surface area (Å²) in [5, 5.41) is 10.9. The van der Waals surface area contributed by atoms with Crippen LogP contribution in [0.1, 0.15) is 20.8 Å². The Bertz CT molecular complexity index is 277. The zero-order valence-corrected chi connectivity index (χ0v) is 9.46. The topological polar surface area (TPSA) is 41.9 Å². The van der Waals surface area contributed by atoms with Crippen molar-refractivity contribution < 1.29 is 0 Å². The number of anilines is 1. The Morgan fingerprint density at radius 3 is 2.71 bits per heavy atom. The molecule has 0 amide bonds. The van der Waals surface area contributed by atoms with E-state index in [4.69, 9.17) is 0 Å². The van der Waals surface area contributed by atoms with Crippen LogP contribution in [0.4, 0.5) is 5.69 Å². The van der Waals surface area contributed by atoms with Crippen LogP contribution in [0.5, 0.6) is 0 Å². The van der Waals surface area contributed by atoms with Crippen LogP contribution >= 0.6 is 0 Å². The van der Waals surface area contributed by atoms with Crippen LogP contribution in [-0.4, -0.2) is 28.4 Å². The maximum Gasteiger partial charge on any atom is 0.0727 e. The fraction of sp³-hybridized carbons (Fsp3) is 0.700. The quantitative estimate of drug-likeness (QED) is 0.744. The van der Waals surface area contributed by atoms with E-state index in [2.05, 4.69) is 36.5 Å². The summed E-state index contributed by atoms with van der Waals surface area (Å²) in [6.07, 6.45) is 3.81. The summed E-state index contributed by atoms with van der Waals surface area (Å²) < 4.78 is 1.79.